The van der Waals surface area contributed by atoms with Gasteiger partial charge >= 0.3 is 0 Å². The molecule has 16 heavy (non-hydrogen) atoms. The van der Waals surface area contributed by atoms with Gasteiger partial charge < -0.3 is 5.32 Å². The number of nitrogens with one attached hydrogen (secondary N) is 1. The monoisotopic (exact) mass is 217 g/mol. The van der Waals surface area contributed by atoms with Crippen LogP contribution in [0, 0.1) is 6.92 Å². The van der Waals surface area contributed by atoms with Crippen molar-refractivity contribution in [2.75, 3.05) is 7.05 Å². The zero-order valence-corrected chi connectivity index (χ0v) is 10.7. The molecular formula is C15H23N. The third-order valence-electron chi connectivity index (χ3n) is 2.89. The minimum Gasteiger partial charge on any atom is -0.317 e. The third-order valence-corrected chi connectivity index (χ3v) is 2.89. The molecule has 0 bridgehead atoms. The van der Waals surface area contributed by atoms with Gasteiger partial charge in [-0.3, -0.25) is 0 Å². The number of allylic oxidation sites excluding steroid dienone is 1. The summed E-state index contributed by atoms with van der Waals surface area (Å²) in [5.41, 5.74) is 4.03. The van der Waals surface area contributed by atoms with Gasteiger partial charge in [-0.05, 0) is 45.7 Å². The zero-order chi connectivity index (χ0) is 12.0. The van der Waals surface area contributed by atoms with Crippen molar-refractivity contribution in [1.82, 2.24) is 5.32 Å². The van der Waals surface area contributed by atoms with Gasteiger partial charge in [0.15, 0.2) is 0 Å². The molecule has 0 amide bonds. The molecule has 1 aromatic carbocycles. The van der Waals surface area contributed by atoms with E-state index < -0.39 is 0 Å². The summed E-state index contributed by atoms with van der Waals surface area (Å²) >= 11 is 0. The van der Waals surface area contributed by atoms with Crippen LogP contribution in [0.1, 0.15) is 30.9 Å². The summed E-state index contributed by atoms with van der Waals surface area (Å²) in [7, 11) is 2.04. The second-order valence-electron chi connectivity index (χ2n) is 4.67. The maximum atomic E-state index is 3.95. The van der Waals surface area contributed by atoms with Gasteiger partial charge in [-0.2, -0.15) is 0 Å². The van der Waals surface area contributed by atoms with E-state index in [0.717, 1.165) is 12.8 Å². The highest BCUT2D eigenvalue weighted by Gasteiger charge is 2.07. The number of aryl methyl sites for hydroxylation is 1. The Bertz CT molecular complexity index is 341. The Labute approximate surface area is 99.6 Å². The molecule has 0 radical (unpaired) electrons. The molecule has 0 fully saturated rings. The molecule has 0 aliphatic rings. The van der Waals surface area contributed by atoms with Crippen molar-refractivity contribution in [2.24, 2.45) is 0 Å². The average Bonchev–Trinajstić information content (AvgIpc) is 2.24. The molecule has 88 valence electrons. The maximum Gasteiger partial charge on any atom is 0.0107 e. The van der Waals surface area contributed by atoms with Crippen molar-refractivity contribution in [3.05, 3.63) is 47.5 Å². The van der Waals surface area contributed by atoms with Crippen LogP contribution >= 0.6 is 0 Å². The predicted octanol–water partition coefficient (Wildman–Crippen LogP) is 3.48. The first-order valence-corrected chi connectivity index (χ1v) is 5.99. The van der Waals surface area contributed by atoms with E-state index in [2.05, 4.69) is 50.0 Å². The van der Waals surface area contributed by atoms with Crippen molar-refractivity contribution in [3.63, 3.8) is 0 Å². The SMILES string of the molecule is C=C(C)CCC(Cc1cccc(C)c1)NC. The summed E-state index contributed by atoms with van der Waals surface area (Å²) in [6, 6.07) is 9.31. The number of rotatable bonds is 6. The van der Waals surface area contributed by atoms with Crippen LogP contribution in [0.25, 0.3) is 0 Å². The van der Waals surface area contributed by atoms with Gasteiger partial charge in [-0.1, -0.05) is 35.4 Å². The number of likely N-dealkylation sites (N-methyl/N-ethyl adjacent to an activating group) is 1. The summed E-state index contributed by atoms with van der Waals surface area (Å²) in [6.45, 7) is 8.20. The molecule has 1 aromatic rings. The Morgan fingerprint density at radius 3 is 2.75 bits per heavy atom. The Balaban J connectivity index is 2.52. The molecule has 0 aliphatic heterocycles. The summed E-state index contributed by atoms with van der Waals surface area (Å²) in [4.78, 5) is 0. The molecule has 1 atom stereocenters. The number of benzene rings is 1. The Morgan fingerprint density at radius 1 is 1.44 bits per heavy atom. The molecule has 1 rings (SSSR count). The van der Waals surface area contributed by atoms with E-state index >= 15 is 0 Å². The van der Waals surface area contributed by atoms with E-state index in [1.165, 1.54) is 23.1 Å². The molecular weight excluding hydrogens is 194 g/mol. The molecule has 0 heterocycles. The van der Waals surface area contributed by atoms with Crippen molar-refractivity contribution in [2.45, 2.75) is 39.2 Å². The lowest BCUT2D eigenvalue weighted by molar-refractivity contribution is 0.519. The lowest BCUT2D eigenvalue weighted by atomic mass is 9.99. The lowest BCUT2D eigenvalue weighted by Gasteiger charge is -2.16. The minimum absolute atomic E-state index is 0.554. The van der Waals surface area contributed by atoms with Crippen molar-refractivity contribution < 1.29 is 0 Å². The first-order chi connectivity index (χ1) is 7.61. The van der Waals surface area contributed by atoms with E-state index in [1.807, 2.05) is 7.05 Å². The third kappa shape index (κ3) is 4.63. The van der Waals surface area contributed by atoms with Crippen LogP contribution in [0.5, 0.6) is 0 Å². The van der Waals surface area contributed by atoms with Gasteiger partial charge in [-0.25, -0.2) is 0 Å². The smallest absolute Gasteiger partial charge is 0.0107 e. The highest BCUT2D eigenvalue weighted by atomic mass is 14.9. The van der Waals surface area contributed by atoms with Gasteiger partial charge in [0.05, 0.1) is 0 Å². The molecule has 0 saturated carbocycles. The molecule has 1 heteroatoms. The van der Waals surface area contributed by atoms with E-state index in [9.17, 15) is 0 Å². The van der Waals surface area contributed by atoms with Crippen LogP contribution in [0.15, 0.2) is 36.4 Å². The molecule has 0 saturated heterocycles. The zero-order valence-electron chi connectivity index (χ0n) is 10.7. The van der Waals surface area contributed by atoms with Crippen LogP contribution in [-0.4, -0.2) is 13.1 Å². The largest absolute Gasteiger partial charge is 0.317 e. The molecule has 1 unspecified atom stereocenters. The summed E-state index contributed by atoms with van der Waals surface area (Å²) in [6.07, 6.45) is 3.38. The second kappa shape index (κ2) is 6.49. The van der Waals surface area contributed by atoms with Gasteiger partial charge in [0, 0.05) is 6.04 Å². The summed E-state index contributed by atoms with van der Waals surface area (Å²) in [5, 5.41) is 3.38. The van der Waals surface area contributed by atoms with Gasteiger partial charge in [0.2, 0.25) is 0 Å². The molecule has 1 nitrogen and oxygen atoms in total. The van der Waals surface area contributed by atoms with Crippen molar-refractivity contribution in [3.8, 4) is 0 Å². The fourth-order valence-corrected chi connectivity index (χ4v) is 1.89. The molecule has 0 aromatic heterocycles. The van der Waals surface area contributed by atoms with E-state index in [-0.39, 0.29) is 0 Å². The van der Waals surface area contributed by atoms with Crippen molar-refractivity contribution in [1.29, 1.82) is 0 Å². The van der Waals surface area contributed by atoms with Gasteiger partial charge in [0.1, 0.15) is 0 Å². The second-order valence-corrected chi connectivity index (χ2v) is 4.67. The minimum atomic E-state index is 0.554. The Hall–Kier alpha value is -1.08. The van der Waals surface area contributed by atoms with E-state index in [0.29, 0.717) is 6.04 Å². The first-order valence-electron chi connectivity index (χ1n) is 5.99. The predicted molar refractivity (Wildman–Crippen MR) is 71.8 cm³/mol. The standard InChI is InChI=1S/C15H23N/c1-12(2)8-9-15(16-4)11-14-7-5-6-13(3)10-14/h5-7,10,15-16H,1,8-9,11H2,2-4H3. The lowest BCUT2D eigenvalue weighted by Crippen LogP contribution is -2.27. The fourth-order valence-electron chi connectivity index (χ4n) is 1.89. The summed E-state index contributed by atoms with van der Waals surface area (Å²) in [5.74, 6) is 0. The van der Waals surface area contributed by atoms with Gasteiger partial charge in [-0.15, -0.1) is 6.58 Å². The van der Waals surface area contributed by atoms with Crippen LogP contribution < -0.4 is 5.32 Å². The number of hydrogen-bond donors (Lipinski definition) is 1. The molecule has 0 spiro atoms. The van der Waals surface area contributed by atoms with Crippen molar-refractivity contribution >= 4 is 0 Å². The van der Waals surface area contributed by atoms with Crippen LogP contribution in [-0.2, 0) is 6.42 Å². The van der Waals surface area contributed by atoms with E-state index in [1.54, 1.807) is 0 Å². The highest BCUT2D eigenvalue weighted by Crippen LogP contribution is 2.11. The normalized spacial score (nSPS) is 12.4. The number of hydrogen-bond acceptors (Lipinski definition) is 1. The quantitative estimate of drug-likeness (QED) is 0.719. The summed E-state index contributed by atoms with van der Waals surface area (Å²) < 4.78 is 0. The highest BCUT2D eigenvalue weighted by molar-refractivity contribution is 5.23. The van der Waals surface area contributed by atoms with E-state index in [4.69, 9.17) is 0 Å². The molecule has 1 N–H and O–H groups in total. The fraction of sp³-hybridized carbons (Fsp3) is 0.467. The maximum absolute atomic E-state index is 3.95. The van der Waals surface area contributed by atoms with Crippen LogP contribution in [0.3, 0.4) is 0 Å². The molecule has 0 aliphatic carbocycles. The van der Waals surface area contributed by atoms with Gasteiger partial charge in [0.25, 0.3) is 0 Å². The average molecular weight is 217 g/mol. The Kier molecular flexibility index (Phi) is 5.27. The topological polar surface area (TPSA) is 12.0 Å². The Morgan fingerprint density at radius 2 is 2.19 bits per heavy atom. The van der Waals surface area contributed by atoms with Crippen LogP contribution in [0.4, 0.5) is 0 Å². The first kappa shape index (κ1) is 13.0. The van der Waals surface area contributed by atoms with Crippen LogP contribution in [0.2, 0.25) is 0 Å².